The van der Waals surface area contributed by atoms with Gasteiger partial charge in [0.2, 0.25) is 0 Å². The number of hydrogen-bond donors (Lipinski definition) is 0. The molecule has 1 aromatic heterocycles. The van der Waals surface area contributed by atoms with E-state index in [2.05, 4.69) is 29.2 Å². The van der Waals surface area contributed by atoms with Crippen LogP contribution in [0.1, 0.15) is 20.7 Å². The first kappa shape index (κ1) is 19.1. The van der Waals surface area contributed by atoms with Crippen molar-refractivity contribution in [2.45, 2.75) is 0 Å². The molecule has 5 aromatic rings. The van der Waals surface area contributed by atoms with Gasteiger partial charge in [-0.1, -0.05) is 66.7 Å². The summed E-state index contributed by atoms with van der Waals surface area (Å²) in [6, 6.07) is 30.7. The molecule has 2 heterocycles. The summed E-state index contributed by atoms with van der Waals surface area (Å²) < 4.78 is 0. The molecule has 33 heavy (non-hydrogen) atoms. The van der Waals surface area contributed by atoms with E-state index in [9.17, 15) is 9.59 Å². The first-order valence-corrected chi connectivity index (χ1v) is 10.7. The van der Waals surface area contributed by atoms with Crippen LogP contribution in [0.2, 0.25) is 0 Å². The van der Waals surface area contributed by atoms with E-state index in [-0.39, 0.29) is 11.8 Å². The van der Waals surface area contributed by atoms with Crippen LogP contribution in [0, 0.1) is 0 Å². The lowest BCUT2D eigenvalue weighted by molar-refractivity contribution is 0.0893. The highest BCUT2D eigenvalue weighted by atomic mass is 16.2. The van der Waals surface area contributed by atoms with Crippen LogP contribution < -0.4 is 4.90 Å². The van der Waals surface area contributed by atoms with Crippen molar-refractivity contribution >= 4 is 28.3 Å². The molecule has 0 fully saturated rings. The Bertz CT molecular complexity index is 1500. The predicted octanol–water partition coefficient (Wildman–Crippen LogP) is 6.37. The van der Waals surface area contributed by atoms with Crippen LogP contribution in [0.5, 0.6) is 0 Å². The van der Waals surface area contributed by atoms with Crippen molar-refractivity contribution in [3.8, 4) is 22.3 Å². The smallest absolute Gasteiger partial charge is 0.265 e. The Labute approximate surface area is 190 Å². The van der Waals surface area contributed by atoms with Crippen molar-refractivity contribution in [1.82, 2.24) is 4.98 Å². The van der Waals surface area contributed by atoms with Crippen molar-refractivity contribution < 1.29 is 9.59 Å². The van der Waals surface area contributed by atoms with Crippen LogP contribution in [0.25, 0.3) is 33.0 Å². The molecule has 0 saturated carbocycles. The fourth-order valence-corrected chi connectivity index (χ4v) is 4.54. The van der Waals surface area contributed by atoms with Gasteiger partial charge in [0.15, 0.2) is 0 Å². The van der Waals surface area contributed by atoms with E-state index in [4.69, 9.17) is 0 Å². The van der Waals surface area contributed by atoms with E-state index >= 15 is 0 Å². The number of rotatable bonds is 3. The molecule has 4 heteroatoms. The summed E-state index contributed by atoms with van der Waals surface area (Å²) in [5.74, 6) is -0.596. The number of carbonyl (C=O) groups is 2. The second-order valence-corrected chi connectivity index (χ2v) is 7.99. The van der Waals surface area contributed by atoms with Crippen LogP contribution in [-0.4, -0.2) is 16.8 Å². The highest BCUT2D eigenvalue weighted by Gasteiger charge is 2.34. The summed E-state index contributed by atoms with van der Waals surface area (Å²) in [6.07, 6.45) is 3.60. The molecule has 1 aliphatic rings. The summed E-state index contributed by atoms with van der Waals surface area (Å²) in [5, 5.41) is 1.61. The first-order chi connectivity index (χ1) is 16.2. The summed E-state index contributed by atoms with van der Waals surface area (Å²) in [4.78, 5) is 32.2. The molecule has 4 nitrogen and oxygen atoms in total. The molecule has 0 saturated heterocycles. The number of hydrogen-bond acceptors (Lipinski definition) is 3. The van der Waals surface area contributed by atoms with Crippen molar-refractivity contribution in [3.05, 3.63) is 121 Å². The van der Waals surface area contributed by atoms with Crippen LogP contribution in [0.3, 0.4) is 0 Å². The predicted molar refractivity (Wildman–Crippen MR) is 130 cm³/mol. The van der Waals surface area contributed by atoms with Crippen LogP contribution >= 0.6 is 0 Å². The molecule has 1 aliphatic heterocycles. The topological polar surface area (TPSA) is 50.3 Å². The Morgan fingerprint density at radius 1 is 0.545 bits per heavy atom. The number of pyridine rings is 1. The van der Waals surface area contributed by atoms with Gasteiger partial charge >= 0.3 is 0 Å². The molecule has 0 unspecified atom stereocenters. The van der Waals surface area contributed by atoms with Gasteiger partial charge in [-0.05, 0) is 58.0 Å². The largest absolute Gasteiger partial charge is 0.268 e. The van der Waals surface area contributed by atoms with Crippen molar-refractivity contribution in [3.63, 3.8) is 0 Å². The Balaban J connectivity index is 1.48. The monoisotopic (exact) mass is 426 g/mol. The molecule has 0 spiro atoms. The highest BCUT2D eigenvalue weighted by molar-refractivity contribution is 6.36. The Hall–Kier alpha value is -4.57. The molecule has 6 rings (SSSR count). The molecular weight excluding hydrogens is 408 g/mol. The Morgan fingerprint density at radius 3 is 1.97 bits per heavy atom. The number of benzene rings is 4. The van der Waals surface area contributed by atoms with Gasteiger partial charge in [0.25, 0.3) is 11.8 Å². The number of amides is 2. The second kappa shape index (κ2) is 7.53. The quantitative estimate of drug-likeness (QED) is 0.315. The van der Waals surface area contributed by atoms with Crippen molar-refractivity contribution in [2.24, 2.45) is 0 Å². The normalized spacial score (nSPS) is 12.9. The fraction of sp³-hybridized carbons (Fsp3) is 0. The summed E-state index contributed by atoms with van der Waals surface area (Å²) in [6.45, 7) is 0. The molecular formula is C29H18N2O2. The average molecular weight is 426 g/mol. The molecule has 0 aliphatic carbocycles. The third kappa shape index (κ3) is 3.04. The molecule has 156 valence electrons. The fourth-order valence-electron chi connectivity index (χ4n) is 4.54. The van der Waals surface area contributed by atoms with Gasteiger partial charge in [-0.3, -0.25) is 14.6 Å². The number of aromatic nitrogens is 1. The number of anilines is 1. The molecule has 4 aromatic carbocycles. The minimum atomic E-state index is -0.298. The minimum Gasteiger partial charge on any atom is -0.268 e. The summed E-state index contributed by atoms with van der Waals surface area (Å²) >= 11 is 0. The van der Waals surface area contributed by atoms with E-state index in [1.807, 2.05) is 60.8 Å². The third-order valence-corrected chi connectivity index (χ3v) is 6.11. The Kier molecular flexibility index (Phi) is 4.37. The SMILES string of the molecule is O=C1c2cccc3c(-c4ccc(-c5cccnc5)cc4)ccc(c23)C(=O)N1c1ccccc1. The van der Waals surface area contributed by atoms with Gasteiger partial charge in [-0.15, -0.1) is 0 Å². The first-order valence-electron chi connectivity index (χ1n) is 10.7. The maximum atomic E-state index is 13.4. The summed E-state index contributed by atoms with van der Waals surface area (Å²) in [5.41, 5.74) is 5.81. The molecule has 0 N–H and O–H groups in total. The lowest BCUT2D eigenvalue weighted by atomic mass is 9.88. The molecule has 0 atom stereocenters. The van der Waals surface area contributed by atoms with E-state index in [0.29, 0.717) is 22.2 Å². The van der Waals surface area contributed by atoms with Gasteiger partial charge in [-0.25, -0.2) is 4.90 Å². The van der Waals surface area contributed by atoms with Crippen molar-refractivity contribution in [1.29, 1.82) is 0 Å². The molecule has 2 amide bonds. The maximum absolute atomic E-state index is 13.4. The molecule has 0 radical (unpaired) electrons. The zero-order valence-corrected chi connectivity index (χ0v) is 17.6. The lowest BCUT2D eigenvalue weighted by Gasteiger charge is -2.27. The number of imide groups is 1. The number of nitrogens with zero attached hydrogens (tertiary/aromatic N) is 2. The standard InChI is InChI=1S/C29H18N2O2/c32-28-25-10-4-9-24-23(20-13-11-19(12-14-20)21-6-5-17-30-18-21)15-16-26(27(24)25)29(33)31(28)22-7-2-1-3-8-22/h1-18H. The number of para-hydroxylation sites is 1. The van der Waals surface area contributed by atoms with Gasteiger partial charge < -0.3 is 0 Å². The summed E-state index contributed by atoms with van der Waals surface area (Å²) in [7, 11) is 0. The Morgan fingerprint density at radius 2 is 1.24 bits per heavy atom. The van der Waals surface area contributed by atoms with Crippen LogP contribution in [0.4, 0.5) is 5.69 Å². The van der Waals surface area contributed by atoms with Gasteiger partial charge in [0.05, 0.1) is 5.69 Å². The van der Waals surface area contributed by atoms with E-state index in [1.165, 1.54) is 4.90 Å². The highest BCUT2D eigenvalue weighted by Crippen LogP contribution is 2.38. The maximum Gasteiger partial charge on any atom is 0.265 e. The third-order valence-electron chi connectivity index (χ3n) is 6.11. The van der Waals surface area contributed by atoms with Gasteiger partial charge in [0, 0.05) is 28.9 Å². The zero-order chi connectivity index (χ0) is 22.4. The number of carbonyl (C=O) groups excluding carboxylic acids is 2. The zero-order valence-electron chi connectivity index (χ0n) is 17.6. The second-order valence-electron chi connectivity index (χ2n) is 7.99. The minimum absolute atomic E-state index is 0.298. The van der Waals surface area contributed by atoms with E-state index in [0.717, 1.165) is 27.6 Å². The lowest BCUT2D eigenvalue weighted by Crippen LogP contribution is -2.40. The van der Waals surface area contributed by atoms with E-state index < -0.39 is 0 Å². The van der Waals surface area contributed by atoms with Gasteiger partial charge in [-0.2, -0.15) is 0 Å². The van der Waals surface area contributed by atoms with Crippen LogP contribution in [0.15, 0.2) is 109 Å². The van der Waals surface area contributed by atoms with Gasteiger partial charge in [0.1, 0.15) is 0 Å². The molecule has 0 bridgehead atoms. The average Bonchev–Trinajstić information content (AvgIpc) is 2.88. The van der Waals surface area contributed by atoms with Crippen molar-refractivity contribution in [2.75, 3.05) is 4.90 Å². The van der Waals surface area contributed by atoms with E-state index in [1.54, 1.807) is 24.4 Å². The van der Waals surface area contributed by atoms with Crippen LogP contribution in [-0.2, 0) is 0 Å².